The van der Waals surface area contributed by atoms with E-state index in [0.717, 1.165) is 34.3 Å². The summed E-state index contributed by atoms with van der Waals surface area (Å²) in [5, 5.41) is 6.23. The van der Waals surface area contributed by atoms with Crippen LogP contribution in [0.25, 0.3) is 0 Å². The third-order valence-corrected chi connectivity index (χ3v) is 3.48. The number of nitrogens with zero attached hydrogens (tertiary/aromatic N) is 4. The third kappa shape index (κ3) is 2.58. The van der Waals surface area contributed by atoms with Gasteiger partial charge in [-0.2, -0.15) is 5.10 Å². The van der Waals surface area contributed by atoms with Crippen LogP contribution in [-0.2, 0) is 13.5 Å². The standard InChI is InChI=1S/C11H15N5S/c1-3-4-8-10(12)11(16(2)15-8)17-9-5-6-13-7-14-9/h5-7H,3-4,12H2,1-2H3. The zero-order valence-corrected chi connectivity index (χ0v) is 10.7. The average molecular weight is 249 g/mol. The molecule has 0 amide bonds. The summed E-state index contributed by atoms with van der Waals surface area (Å²) in [6, 6.07) is 1.86. The second kappa shape index (κ2) is 5.18. The molecule has 6 heteroatoms. The molecule has 2 N–H and O–H groups in total. The lowest BCUT2D eigenvalue weighted by Crippen LogP contribution is -1.94. The van der Waals surface area contributed by atoms with Crippen molar-refractivity contribution in [3.8, 4) is 0 Å². The Labute approximate surface area is 104 Å². The zero-order valence-electron chi connectivity index (χ0n) is 9.92. The second-order valence-electron chi connectivity index (χ2n) is 3.69. The van der Waals surface area contributed by atoms with Crippen molar-refractivity contribution in [1.82, 2.24) is 19.7 Å². The first-order valence-corrected chi connectivity index (χ1v) is 6.29. The molecule has 0 aliphatic carbocycles. The maximum absolute atomic E-state index is 6.09. The molecule has 17 heavy (non-hydrogen) atoms. The molecule has 2 rings (SSSR count). The van der Waals surface area contributed by atoms with E-state index in [1.807, 2.05) is 17.8 Å². The Hall–Kier alpha value is -1.56. The number of rotatable bonds is 4. The Morgan fingerprint density at radius 2 is 2.29 bits per heavy atom. The van der Waals surface area contributed by atoms with Crippen molar-refractivity contribution in [3.05, 3.63) is 24.3 Å². The Kier molecular flexibility index (Phi) is 3.63. The first kappa shape index (κ1) is 11.9. The number of anilines is 1. The van der Waals surface area contributed by atoms with E-state index in [4.69, 9.17) is 5.73 Å². The van der Waals surface area contributed by atoms with Gasteiger partial charge in [-0.1, -0.05) is 13.3 Å². The number of nitrogen functional groups attached to an aromatic ring is 1. The topological polar surface area (TPSA) is 69.6 Å². The SMILES string of the molecule is CCCc1nn(C)c(Sc2ccncn2)c1N. The molecule has 0 saturated heterocycles. The van der Waals surface area contributed by atoms with Crippen LogP contribution in [0, 0.1) is 0 Å². The Morgan fingerprint density at radius 1 is 1.47 bits per heavy atom. The first-order chi connectivity index (χ1) is 8.22. The molecular formula is C11H15N5S. The van der Waals surface area contributed by atoms with E-state index in [1.165, 1.54) is 18.1 Å². The maximum Gasteiger partial charge on any atom is 0.123 e. The summed E-state index contributed by atoms with van der Waals surface area (Å²) >= 11 is 1.51. The van der Waals surface area contributed by atoms with E-state index in [-0.39, 0.29) is 0 Å². The molecule has 90 valence electrons. The largest absolute Gasteiger partial charge is 0.395 e. The van der Waals surface area contributed by atoms with Gasteiger partial charge in [0, 0.05) is 13.2 Å². The van der Waals surface area contributed by atoms with Crippen LogP contribution >= 0.6 is 11.8 Å². The molecule has 2 heterocycles. The van der Waals surface area contributed by atoms with Crippen molar-refractivity contribution in [2.45, 2.75) is 29.8 Å². The van der Waals surface area contributed by atoms with Crippen LogP contribution in [0.15, 0.2) is 28.6 Å². The van der Waals surface area contributed by atoms with Crippen molar-refractivity contribution >= 4 is 17.4 Å². The van der Waals surface area contributed by atoms with Gasteiger partial charge in [-0.15, -0.1) is 0 Å². The highest BCUT2D eigenvalue weighted by Gasteiger charge is 2.14. The van der Waals surface area contributed by atoms with Gasteiger partial charge >= 0.3 is 0 Å². The minimum absolute atomic E-state index is 0.762. The molecule has 0 bridgehead atoms. The molecule has 0 aromatic carbocycles. The average Bonchev–Trinajstić information content (AvgIpc) is 2.59. The van der Waals surface area contributed by atoms with Gasteiger partial charge in [-0.3, -0.25) is 4.68 Å². The van der Waals surface area contributed by atoms with E-state index in [9.17, 15) is 0 Å². The summed E-state index contributed by atoms with van der Waals surface area (Å²) < 4.78 is 1.81. The molecule has 0 radical (unpaired) electrons. The van der Waals surface area contributed by atoms with Crippen LogP contribution in [0.3, 0.4) is 0 Å². The zero-order chi connectivity index (χ0) is 12.3. The minimum Gasteiger partial charge on any atom is -0.395 e. The van der Waals surface area contributed by atoms with Crippen molar-refractivity contribution < 1.29 is 0 Å². The molecule has 0 unspecified atom stereocenters. The Bertz CT molecular complexity index is 494. The fourth-order valence-corrected chi connectivity index (χ4v) is 2.39. The van der Waals surface area contributed by atoms with Gasteiger partial charge in [0.1, 0.15) is 16.4 Å². The van der Waals surface area contributed by atoms with Crippen LogP contribution in [0.1, 0.15) is 19.0 Å². The smallest absolute Gasteiger partial charge is 0.123 e. The number of nitrogens with two attached hydrogens (primary N) is 1. The van der Waals surface area contributed by atoms with Crippen molar-refractivity contribution in [1.29, 1.82) is 0 Å². The first-order valence-electron chi connectivity index (χ1n) is 5.47. The summed E-state index contributed by atoms with van der Waals surface area (Å²) in [4.78, 5) is 8.06. The fraction of sp³-hybridized carbons (Fsp3) is 0.364. The molecule has 5 nitrogen and oxygen atoms in total. The van der Waals surface area contributed by atoms with Gasteiger partial charge in [0.05, 0.1) is 11.4 Å². The lowest BCUT2D eigenvalue weighted by molar-refractivity contribution is 0.681. The molecule has 2 aromatic rings. The molecule has 0 aliphatic heterocycles. The highest BCUT2D eigenvalue weighted by atomic mass is 32.2. The fourth-order valence-electron chi connectivity index (χ4n) is 1.56. The third-order valence-electron chi connectivity index (χ3n) is 2.35. The van der Waals surface area contributed by atoms with Gasteiger partial charge in [0.15, 0.2) is 0 Å². The summed E-state index contributed by atoms with van der Waals surface area (Å²) in [7, 11) is 1.90. The van der Waals surface area contributed by atoms with Gasteiger partial charge < -0.3 is 5.73 Å². The second-order valence-corrected chi connectivity index (χ2v) is 4.70. The van der Waals surface area contributed by atoms with Crippen LogP contribution in [0.5, 0.6) is 0 Å². The van der Waals surface area contributed by atoms with E-state index >= 15 is 0 Å². The number of aryl methyl sites for hydroxylation is 2. The van der Waals surface area contributed by atoms with Crippen LogP contribution < -0.4 is 5.73 Å². The molecule has 0 atom stereocenters. The summed E-state index contributed by atoms with van der Waals surface area (Å²) in [6.45, 7) is 2.12. The lowest BCUT2D eigenvalue weighted by Gasteiger charge is -2.01. The summed E-state index contributed by atoms with van der Waals surface area (Å²) in [5.74, 6) is 0. The summed E-state index contributed by atoms with van der Waals surface area (Å²) in [6.07, 6.45) is 5.19. The molecule has 0 spiro atoms. The van der Waals surface area contributed by atoms with Crippen LogP contribution in [0.2, 0.25) is 0 Å². The van der Waals surface area contributed by atoms with Crippen molar-refractivity contribution in [2.24, 2.45) is 7.05 Å². The van der Waals surface area contributed by atoms with E-state index in [0.29, 0.717) is 0 Å². The normalized spacial score (nSPS) is 10.7. The van der Waals surface area contributed by atoms with Crippen LogP contribution in [0.4, 0.5) is 5.69 Å². The Balaban J connectivity index is 2.27. The van der Waals surface area contributed by atoms with E-state index in [2.05, 4.69) is 22.0 Å². The molecular weight excluding hydrogens is 234 g/mol. The predicted octanol–water partition coefficient (Wildman–Crippen LogP) is 1.90. The molecule has 0 saturated carbocycles. The number of hydrogen-bond acceptors (Lipinski definition) is 5. The van der Waals surface area contributed by atoms with Gasteiger partial charge in [0.25, 0.3) is 0 Å². The van der Waals surface area contributed by atoms with Crippen molar-refractivity contribution in [2.75, 3.05) is 5.73 Å². The van der Waals surface area contributed by atoms with Gasteiger partial charge in [0.2, 0.25) is 0 Å². The highest BCUT2D eigenvalue weighted by molar-refractivity contribution is 7.99. The van der Waals surface area contributed by atoms with E-state index < -0.39 is 0 Å². The molecule has 2 aromatic heterocycles. The Morgan fingerprint density at radius 3 is 2.94 bits per heavy atom. The monoisotopic (exact) mass is 249 g/mol. The van der Waals surface area contributed by atoms with Gasteiger partial charge in [-0.05, 0) is 24.2 Å². The van der Waals surface area contributed by atoms with E-state index in [1.54, 1.807) is 6.20 Å². The van der Waals surface area contributed by atoms with Crippen LogP contribution in [-0.4, -0.2) is 19.7 Å². The molecule has 0 aliphatic rings. The lowest BCUT2D eigenvalue weighted by atomic mass is 10.2. The maximum atomic E-state index is 6.09. The number of hydrogen-bond donors (Lipinski definition) is 1. The quantitative estimate of drug-likeness (QED) is 0.838. The number of aromatic nitrogens is 4. The minimum atomic E-state index is 0.762. The summed E-state index contributed by atoms with van der Waals surface area (Å²) in [5.41, 5.74) is 7.82. The van der Waals surface area contributed by atoms with Crippen molar-refractivity contribution in [3.63, 3.8) is 0 Å². The molecule has 0 fully saturated rings. The van der Waals surface area contributed by atoms with Gasteiger partial charge in [-0.25, -0.2) is 9.97 Å². The predicted molar refractivity (Wildman–Crippen MR) is 67.8 cm³/mol. The highest BCUT2D eigenvalue weighted by Crippen LogP contribution is 2.32.